The van der Waals surface area contributed by atoms with Crippen molar-refractivity contribution in [2.24, 2.45) is 0 Å². The summed E-state index contributed by atoms with van der Waals surface area (Å²) in [4.78, 5) is 17.4. The standard InChI is InChI=1S/C13H15N3O/c1-11(17)16-8-4-6-13(9-14,10-16)12-5-2-3-7-15-12/h2-3,5,7H,4,6,8,10H2,1H3. The molecule has 1 aliphatic rings. The van der Waals surface area contributed by atoms with Crippen LogP contribution in [0.3, 0.4) is 0 Å². The SMILES string of the molecule is CC(=O)N1CCCC(C#N)(c2ccccn2)C1. The van der Waals surface area contributed by atoms with Gasteiger partial charge in [0.25, 0.3) is 0 Å². The van der Waals surface area contributed by atoms with Gasteiger partial charge in [-0.15, -0.1) is 0 Å². The largest absolute Gasteiger partial charge is 0.341 e. The fraction of sp³-hybridized carbons (Fsp3) is 0.462. The van der Waals surface area contributed by atoms with Crippen LogP contribution in [0, 0.1) is 11.3 Å². The Morgan fingerprint density at radius 3 is 3.00 bits per heavy atom. The molecule has 0 spiro atoms. The maximum absolute atomic E-state index is 11.4. The number of amides is 1. The lowest BCUT2D eigenvalue weighted by molar-refractivity contribution is -0.130. The maximum Gasteiger partial charge on any atom is 0.219 e. The van der Waals surface area contributed by atoms with Crippen LogP contribution in [0.2, 0.25) is 0 Å². The minimum Gasteiger partial charge on any atom is -0.341 e. The Kier molecular flexibility index (Phi) is 3.10. The van der Waals surface area contributed by atoms with E-state index in [-0.39, 0.29) is 5.91 Å². The average molecular weight is 229 g/mol. The third kappa shape index (κ3) is 2.14. The molecule has 0 bridgehead atoms. The highest BCUT2D eigenvalue weighted by molar-refractivity contribution is 5.73. The molecule has 0 radical (unpaired) electrons. The first kappa shape index (κ1) is 11.6. The summed E-state index contributed by atoms with van der Waals surface area (Å²) in [6, 6.07) is 7.95. The molecule has 1 unspecified atom stereocenters. The van der Waals surface area contributed by atoms with Gasteiger partial charge in [-0.05, 0) is 25.0 Å². The van der Waals surface area contributed by atoms with E-state index in [4.69, 9.17) is 0 Å². The summed E-state index contributed by atoms with van der Waals surface area (Å²) in [5.74, 6) is 0.0280. The topological polar surface area (TPSA) is 57.0 Å². The Labute approximate surface area is 101 Å². The monoisotopic (exact) mass is 229 g/mol. The number of nitrogens with zero attached hydrogens (tertiary/aromatic N) is 3. The molecule has 0 aliphatic carbocycles. The van der Waals surface area contributed by atoms with Crippen molar-refractivity contribution in [2.75, 3.05) is 13.1 Å². The molecule has 1 aliphatic heterocycles. The van der Waals surface area contributed by atoms with Crippen molar-refractivity contribution in [2.45, 2.75) is 25.2 Å². The second-order valence-corrected chi connectivity index (χ2v) is 4.45. The van der Waals surface area contributed by atoms with Crippen LogP contribution in [0.25, 0.3) is 0 Å². The molecule has 4 heteroatoms. The van der Waals surface area contributed by atoms with Crippen LogP contribution in [0.5, 0.6) is 0 Å². The summed E-state index contributed by atoms with van der Waals surface area (Å²) in [5.41, 5.74) is 0.138. The van der Waals surface area contributed by atoms with E-state index in [9.17, 15) is 10.1 Å². The van der Waals surface area contributed by atoms with Crippen molar-refractivity contribution in [1.82, 2.24) is 9.88 Å². The van der Waals surface area contributed by atoms with Gasteiger partial charge in [0.05, 0.1) is 11.8 Å². The predicted molar refractivity (Wildman–Crippen MR) is 63.0 cm³/mol. The molecule has 17 heavy (non-hydrogen) atoms. The smallest absolute Gasteiger partial charge is 0.219 e. The first-order valence-corrected chi connectivity index (χ1v) is 5.76. The molecule has 2 rings (SSSR count). The fourth-order valence-electron chi connectivity index (χ4n) is 2.33. The normalized spacial score (nSPS) is 24.1. The van der Waals surface area contributed by atoms with Crippen LogP contribution < -0.4 is 0 Å². The number of pyridine rings is 1. The number of carbonyl (C=O) groups is 1. The average Bonchev–Trinajstić information content (AvgIpc) is 2.39. The molecule has 1 saturated heterocycles. The van der Waals surface area contributed by atoms with E-state index in [1.54, 1.807) is 18.0 Å². The Morgan fingerprint density at radius 1 is 1.59 bits per heavy atom. The number of nitriles is 1. The molecular formula is C13H15N3O. The first-order chi connectivity index (χ1) is 8.18. The minimum atomic E-state index is -0.634. The minimum absolute atomic E-state index is 0.0280. The Balaban J connectivity index is 2.32. The molecule has 0 saturated carbocycles. The Morgan fingerprint density at radius 2 is 2.41 bits per heavy atom. The van der Waals surface area contributed by atoms with Gasteiger partial charge in [0, 0.05) is 26.2 Å². The highest BCUT2D eigenvalue weighted by Gasteiger charge is 2.39. The molecule has 4 nitrogen and oxygen atoms in total. The molecular weight excluding hydrogens is 214 g/mol. The van der Waals surface area contributed by atoms with Crippen molar-refractivity contribution >= 4 is 5.91 Å². The third-order valence-electron chi connectivity index (χ3n) is 3.31. The van der Waals surface area contributed by atoms with E-state index in [0.717, 1.165) is 25.1 Å². The van der Waals surface area contributed by atoms with E-state index < -0.39 is 5.41 Å². The summed E-state index contributed by atoms with van der Waals surface area (Å²) in [7, 11) is 0. The van der Waals surface area contributed by atoms with Crippen molar-refractivity contribution in [1.29, 1.82) is 5.26 Å². The van der Waals surface area contributed by atoms with Gasteiger partial charge >= 0.3 is 0 Å². The Hall–Kier alpha value is -1.89. The van der Waals surface area contributed by atoms with Crippen LogP contribution >= 0.6 is 0 Å². The van der Waals surface area contributed by atoms with Gasteiger partial charge in [0.1, 0.15) is 5.41 Å². The van der Waals surface area contributed by atoms with Gasteiger partial charge in [-0.3, -0.25) is 9.78 Å². The van der Waals surface area contributed by atoms with Crippen molar-refractivity contribution < 1.29 is 4.79 Å². The molecule has 0 N–H and O–H groups in total. The highest BCUT2D eigenvalue weighted by Crippen LogP contribution is 2.32. The van der Waals surface area contributed by atoms with E-state index in [2.05, 4.69) is 11.1 Å². The molecule has 0 aromatic carbocycles. The zero-order chi connectivity index (χ0) is 12.3. The molecule has 2 heterocycles. The number of carbonyl (C=O) groups excluding carboxylic acids is 1. The van der Waals surface area contributed by atoms with Crippen LogP contribution in [-0.2, 0) is 10.2 Å². The molecule has 88 valence electrons. The third-order valence-corrected chi connectivity index (χ3v) is 3.31. The maximum atomic E-state index is 11.4. The second kappa shape index (κ2) is 4.54. The lowest BCUT2D eigenvalue weighted by atomic mass is 9.78. The van der Waals surface area contributed by atoms with Crippen LogP contribution in [-0.4, -0.2) is 28.9 Å². The van der Waals surface area contributed by atoms with Gasteiger partial charge in [0.2, 0.25) is 5.91 Å². The first-order valence-electron chi connectivity index (χ1n) is 5.76. The summed E-state index contributed by atoms with van der Waals surface area (Å²) in [5, 5.41) is 9.47. The zero-order valence-electron chi connectivity index (χ0n) is 9.89. The van der Waals surface area contributed by atoms with E-state index in [1.807, 2.05) is 18.2 Å². The predicted octanol–water partition coefficient (Wildman–Crippen LogP) is 1.49. The lowest BCUT2D eigenvalue weighted by Gasteiger charge is -2.37. The number of piperidine rings is 1. The van der Waals surface area contributed by atoms with E-state index in [0.29, 0.717) is 6.54 Å². The summed E-state index contributed by atoms with van der Waals surface area (Å²) >= 11 is 0. The summed E-state index contributed by atoms with van der Waals surface area (Å²) < 4.78 is 0. The molecule has 1 fully saturated rings. The van der Waals surface area contributed by atoms with Crippen molar-refractivity contribution in [3.63, 3.8) is 0 Å². The van der Waals surface area contributed by atoms with Gasteiger partial charge < -0.3 is 4.90 Å². The quantitative estimate of drug-likeness (QED) is 0.733. The van der Waals surface area contributed by atoms with Gasteiger partial charge in [-0.25, -0.2) is 0 Å². The molecule has 1 atom stereocenters. The fourth-order valence-corrected chi connectivity index (χ4v) is 2.33. The van der Waals surface area contributed by atoms with Crippen LogP contribution in [0.4, 0.5) is 0 Å². The summed E-state index contributed by atoms with van der Waals surface area (Å²) in [6.45, 7) is 2.74. The number of hydrogen-bond acceptors (Lipinski definition) is 3. The van der Waals surface area contributed by atoms with E-state index in [1.165, 1.54) is 0 Å². The van der Waals surface area contributed by atoms with Crippen molar-refractivity contribution in [3.05, 3.63) is 30.1 Å². The van der Waals surface area contributed by atoms with E-state index >= 15 is 0 Å². The zero-order valence-corrected chi connectivity index (χ0v) is 9.89. The number of aromatic nitrogens is 1. The van der Waals surface area contributed by atoms with Crippen LogP contribution in [0.1, 0.15) is 25.5 Å². The number of rotatable bonds is 1. The number of likely N-dealkylation sites (tertiary alicyclic amines) is 1. The number of hydrogen-bond donors (Lipinski definition) is 0. The molecule has 1 aromatic rings. The van der Waals surface area contributed by atoms with Gasteiger partial charge in [-0.1, -0.05) is 6.07 Å². The highest BCUT2D eigenvalue weighted by atomic mass is 16.2. The van der Waals surface area contributed by atoms with Gasteiger partial charge in [0.15, 0.2) is 0 Å². The second-order valence-electron chi connectivity index (χ2n) is 4.45. The molecule has 1 amide bonds. The van der Waals surface area contributed by atoms with Crippen LogP contribution in [0.15, 0.2) is 24.4 Å². The van der Waals surface area contributed by atoms with Gasteiger partial charge in [-0.2, -0.15) is 5.26 Å². The molecule has 1 aromatic heterocycles. The van der Waals surface area contributed by atoms with Crippen molar-refractivity contribution in [3.8, 4) is 6.07 Å². The summed E-state index contributed by atoms with van der Waals surface area (Å²) in [6.07, 6.45) is 3.31. The Bertz CT molecular complexity index is 451. The lowest BCUT2D eigenvalue weighted by Crippen LogP contribution is -2.47.